The minimum absolute atomic E-state index is 0.0876. The van der Waals surface area contributed by atoms with Gasteiger partial charge in [-0.05, 0) is 12.8 Å². The van der Waals surface area contributed by atoms with Gasteiger partial charge in [0.2, 0.25) is 5.91 Å². The molecule has 0 radical (unpaired) electrons. The average Bonchev–Trinajstić information content (AvgIpc) is 3.07. The van der Waals surface area contributed by atoms with E-state index >= 15 is 0 Å². The molecule has 2 unspecified atom stereocenters. The van der Waals surface area contributed by atoms with E-state index in [2.05, 4.69) is 19.2 Å². The van der Waals surface area contributed by atoms with Gasteiger partial charge >= 0.3 is 13.8 Å². The quantitative estimate of drug-likeness (QED) is 0.0329. The van der Waals surface area contributed by atoms with Crippen LogP contribution < -0.4 is 5.32 Å². The van der Waals surface area contributed by atoms with Crippen molar-refractivity contribution in [3.8, 4) is 0 Å². The second kappa shape index (κ2) is 35.8. The van der Waals surface area contributed by atoms with E-state index in [4.69, 9.17) is 13.8 Å². The van der Waals surface area contributed by atoms with Gasteiger partial charge in [-0.3, -0.25) is 18.6 Å². The fourth-order valence-electron chi connectivity index (χ4n) is 5.73. The molecule has 1 amide bonds. The summed E-state index contributed by atoms with van der Waals surface area (Å²) in [6.07, 6.45) is 33.1. The third-order valence-electron chi connectivity index (χ3n) is 8.79. The third kappa shape index (κ3) is 36.3. The number of carbonyl (C=O) groups is 2. The van der Waals surface area contributed by atoms with E-state index in [1.165, 1.54) is 135 Å². The van der Waals surface area contributed by atoms with E-state index < -0.39 is 26.5 Å². The van der Waals surface area contributed by atoms with Crippen molar-refractivity contribution in [3.63, 3.8) is 0 Å². The zero-order valence-corrected chi connectivity index (χ0v) is 32.1. The van der Waals surface area contributed by atoms with E-state index in [-0.39, 0.29) is 25.7 Å². The topological polar surface area (TPSA) is 131 Å². The summed E-state index contributed by atoms with van der Waals surface area (Å²) in [7, 11) is -4.40. The number of phosphoric acid groups is 1. The fourth-order valence-corrected chi connectivity index (χ4v) is 6.49. The number of nitrogens with one attached hydrogen (secondary N) is 1. The Bertz CT molecular complexity index is 769. The molecule has 0 fully saturated rings. The highest BCUT2D eigenvalue weighted by atomic mass is 31.2. The number of unbranched alkanes of at least 4 members (excludes halogenated alkanes) is 25. The normalized spacial score (nSPS) is 13.3. The van der Waals surface area contributed by atoms with Crippen molar-refractivity contribution < 1.29 is 37.9 Å². The summed E-state index contributed by atoms with van der Waals surface area (Å²) in [5.74, 6) is -0.508. The molecule has 0 saturated carbocycles. The van der Waals surface area contributed by atoms with Crippen LogP contribution in [0.3, 0.4) is 0 Å². The van der Waals surface area contributed by atoms with Gasteiger partial charge in [-0.2, -0.15) is 0 Å². The molecule has 0 aliphatic heterocycles. The molecule has 0 aromatic carbocycles. The molecule has 0 spiro atoms. The van der Waals surface area contributed by atoms with Crippen molar-refractivity contribution in [1.29, 1.82) is 0 Å². The van der Waals surface area contributed by atoms with Gasteiger partial charge in [-0.25, -0.2) is 4.57 Å². The summed E-state index contributed by atoms with van der Waals surface area (Å²) in [4.78, 5) is 33.7. The molecule has 0 rings (SSSR count). The summed E-state index contributed by atoms with van der Waals surface area (Å²) in [6, 6.07) is 0. The lowest BCUT2D eigenvalue weighted by Gasteiger charge is -2.15. The summed E-state index contributed by atoms with van der Waals surface area (Å²) in [5.41, 5.74) is 0. The van der Waals surface area contributed by atoms with E-state index in [0.29, 0.717) is 12.8 Å². The first-order chi connectivity index (χ1) is 23.3. The molecule has 2 atom stereocenters. The van der Waals surface area contributed by atoms with Crippen molar-refractivity contribution >= 4 is 19.7 Å². The molecule has 48 heavy (non-hydrogen) atoms. The van der Waals surface area contributed by atoms with Crippen LogP contribution in [0.5, 0.6) is 0 Å². The van der Waals surface area contributed by atoms with Crippen LogP contribution in [0.2, 0.25) is 0 Å². The van der Waals surface area contributed by atoms with Crippen molar-refractivity contribution in [2.24, 2.45) is 0 Å². The number of esters is 1. The number of phosphoric ester groups is 1. The van der Waals surface area contributed by atoms with Crippen LogP contribution in [0.4, 0.5) is 0 Å². The molecule has 9 nitrogen and oxygen atoms in total. The number of rotatable bonds is 38. The number of amides is 1. The van der Waals surface area contributed by atoms with Crippen LogP contribution in [0.1, 0.15) is 200 Å². The highest BCUT2D eigenvalue weighted by Gasteiger charge is 2.23. The van der Waals surface area contributed by atoms with Gasteiger partial charge in [0, 0.05) is 19.4 Å². The highest BCUT2D eigenvalue weighted by Crippen LogP contribution is 2.42. The minimum Gasteiger partial charge on any atom is -0.463 e. The Morgan fingerprint density at radius 3 is 1.35 bits per heavy atom. The van der Waals surface area contributed by atoms with Crippen LogP contribution in [0, 0.1) is 0 Å². The second-order valence-corrected chi connectivity index (χ2v) is 15.1. The lowest BCUT2D eigenvalue weighted by molar-refractivity contribution is -0.147. The number of hydrogen-bond donors (Lipinski definition) is 3. The van der Waals surface area contributed by atoms with Crippen molar-refractivity contribution in [2.45, 2.75) is 206 Å². The van der Waals surface area contributed by atoms with Crippen LogP contribution in [-0.2, 0) is 27.9 Å². The fraction of sp³-hybridized carbons (Fsp3) is 0.947. The van der Waals surface area contributed by atoms with Gasteiger partial charge in [0.25, 0.3) is 0 Å². The first-order valence-electron chi connectivity index (χ1n) is 20.0. The Balaban J connectivity index is 3.57. The first-order valence-corrected chi connectivity index (χ1v) is 21.5. The van der Waals surface area contributed by atoms with E-state index in [1.807, 2.05) is 0 Å². The predicted octanol–water partition coefficient (Wildman–Crippen LogP) is 10.5. The summed E-state index contributed by atoms with van der Waals surface area (Å²) in [5, 5.41) is 12.7. The van der Waals surface area contributed by atoms with Gasteiger partial charge in [0.05, 0.1) is 13.2 Å². The molecule has 0 heterocycles. The van der Waals surface area contributed by atoms with E-state index in [9.17, 15) is 24.2 Å². The molecular weight excluding hydrogens is 629 g/mol. The Hall–Kier alpha value is -0.990. The zero-order valence-electron chi connectivity index (χ0n) is 31.2. The van der Waals surface area contributed by atoms with Crippen LogP contribution in [0.25, 0.3) is 0 Å². The standard InChI is InChI=1S/C38H76NO8P/c1-3-5-7-9-11-13-15-16-17-18-19-21-23-25-27-29-31-38(42)45-34-36(40)35-47-48(43,44)46-33-32-39-37(41)30-28-26-24-22-20-14-12-10-8-6-4-2/h36,40H,3-35H2,1-2H3,(H,39,41)(H,43,44). The number of ether oxygens (including phenoxy) is 1. The monoisotopic (exact) mass is 706 g/mol. The molecule has 3 N–H and O–H groups in total. The number of hydrogen-bond acceptors (Lipinski definition) is 7. The summed E-state index contributed by atoms with van der Waals surface area (Å²) >= 11 is 0. The molecule has 286 valence electrons. The smallest absolute Gasteiger partial charge is 0.463 e. The van der Waals surface area contributed by atoms with E-state index in [0.717, 1.165) is 38.5 Å². The molecule has 0 aliphatic carbocycles. The van der Waals surface area contributed by atoms with Gasteiger partial charge in [0.15, 0.2) is 0 Å². The Labute approximate surface area is 295 Å². The second-order valence-electron chi connectivity index (χ2n) is 13.6. The number of aliphatic hydroxyl groups excluding tert-OH is 1. The van der Waals surface area contributed by atoms with Gasteiger partial charge < -0.3 is 20.1 Å². The van der Waals surface area contributed by atoms with Crippen molar-refractivity contribution in [1.82, 2.24) is 5.32 Å². The average molecular weight is 706 g/mol. The predicted molar refractivity (Wildman–Crippen MR) is 197 cm³/mol. The third-order valence-corrected chi connectivity index (χ3v) is 9.77. The molecular formula is C38H76NO8P. The maximum absolute atomic E-state index is 12.0. The van der Waals surface area contributed by atoms with Gasteiger partial charge in [-0.1, -0.05) is 174 Å². The largest absolute Gasteiger partial charge is 0.472 e. The zero-order chi connectivity index (χ0) is 35.4. The number of aliphatic hydroxyl groups is 1. The van der Waals surface area contributed by atoms with Crippen molar-refractivity contribution in [2.75, 3.05) is 26.4 Å². The lowest BCUT2D eigenvalue weighted by Crippen LogP contribution is -2.27. The van der Waals surface area contributed by atoms with Crippen molar-refractivity contribution in [3.05, 3.63) is 0 Å². The maximum Gasteiger partial charge on any atom is 0.472 e. The molecule has 0 aromatic heterocycles. The van der Waals surface area contributed by atoms with E-state index in [1.54, 1.807) is 0 Å². The number of carbonyl (C=O) groups excluding carboxylic acids is 2. The maximum atomic E-state index is 12.0. The van der Waals surface area contributed by atoms with Crippen LogP contribution in [-0.4, -0.2) is 54.3 Å². The van der Waals surface area contributed by atoms with Crippen LogP contribution in [0.15, 0.2) is 0 Å². The SMILES string of the molecule is CCCCCCCCCCCCCCCCCCC(=O)OCC(O)COP(=O)(O)OCCNC(=O)CCCCCCCCCCCCC. The Kier molecular flexibility index (Phi) is 35.1. The minimum atomic E-state index is -4.40. The Morgan fingerprint density at radius 2 is 0.938 bits per heavy atom. The Morgan fingerprint density at radius 1 is 0.562 bits per heavy atom. The summed E-state index contributed by atoms with van der Waals surface area (Å²) < 4.78 is 26.8. The van der Waals surface area contributed by atoms with Gasteiger partial charge in [-0.15, -0.1) is 0 Å². The molecule has 0 bridgehead atoms. The molecule has 0 aromatic rings. The molecule has 0 aliphatic rings. The van der Waals surface area contributed by atoms with Crippen LogP contribution >= 0.6 is 7.82 Å². The first kappa shape index (κ1) is 47.0. The summed E-state index contributed by atoms with van der Waals surface area (Å²) in [6.45, 7) is 3.57. The lowest BCUT2D eigenvalue weighted by atomic mass is 10.0. The van der Waals surface area contributed by atoms with Gasteiger partial charge in [0.1, 0.15) is 12.7 Å². The molecule has 0 saturated heterocycles. The molecule has 10 heteroatoms. The highest BCUT2D eigenvalue weighted by molar-refractivity contribution is 7.47.